The molecule has 0 radical (unpaired) electrons. The van der Waals surface area contributed by atoms with E-state index in [2.05, 4.69) is 17.0 Å². The average molecular weight is 316 g/mol. The first-order chi connectivity index (χ1) is 9.62. The molecule has 1 heterocycles. The molecule has 1 aromatic rings. The van der Waals surface area contributed by atoms with Gasteiger partial charge in [-0.05, 0) is 50.4 Å². The summed E-state index contributed by atoms with van der Waals surface area (Å²) in [6.07, 6.45) is 5.67. The molecule has 1 aromatic heterocycles. The molecule has 2 N–H and O–H groups in total. The van der Waals surface area contributed by atoms with Gasteiger partial charge in [-0.2, -0.15) is 0 Å². The summed E-state index contributed by atoms with van der Waals surface area (Å²) in [5, 5.41) is 3.25. The molecule has 6 heteroatoms. The van der Waals surface area contributed by atoms with E-state index in [-0.39, 0.29) is 0 Å². The lowest BCUT2D eigenvalue weighted by Crippen LogP contribution is -2.27. The van der Waals surface area contributed by atoms with E-state index in [1.807, 2.05) is 6.07 Å². The third kappa shape index (κ3) is 4.55. The predicted octanol–water partition coefficient (Wildman–Crippen LogP) is 2.37. The van der Waals surface area contributed by atoms with E-state index in [1.165, 1.54) is 24.2 Å². The zero-order valence-corrected chi connectivity index (χ0v) is 13.7. The second kappa shape index (κ2) is 7.54. The van der Waals surface area contributed by atoms with Crippen molar-refractivity contribution in [2.75, 3.05) is 19.6 Å². The molecule has 0 amide bonds. The predicted molar refractivity (Wildman–Crippen MR) is 83.7 cm³/mol. The van der Waals surface area contributed by atoms with Crippen molar-refractivity contribution in [2.24, 2.45) is 5.92 Å². The molecule has 0 aromatic carbocycles. The average Bonchev–Trinajstić information content (AvgIpc) is 3.08. The van der Waals surface area contributed by atoms with Gasteiger partial charge in [-0.1, -0.05) is 19.8 Å². The molecule has 1 aliphatic rings. The monoisotopic (exact) mass is 316 g/mol. The van der Waals surface area contributed by atoms with Crippen molar-refractivity contribution in [3.8, 4) is 0 Å². The lowest BCUT2D eigenvalue weighted by Gasteiger charge is -2.09. The smallest absolute Gasteiger partial charge is 0.250 e. The summed E-state index contributed by atoms with van der Waals surface area (Å²) in [6, 6.07) is 3.65. The fourth-order valence-electron chi connectivity index (χ4n) is 2.54. The van der Waals surface area contributed by atoms with Crippen molar-refractivity contribution in [2.45, 2.75) is 43.2 Å². The summed E-state index contributed by atoms with van der Waals surface area (Å²) in [7, 11) is -3.31. The number of likely N-dealkylation sites (N-methyl/N-ethyl adjacent to an activating group) is 1. The van der Waals surface area contributed by atoms with Crippen molar-refractivity contribution in [3.05, 3.63) is 17.0 Å². The van der Waals surface area contributed by atoms with Crippen LogP contribution in [0.3, 0.4) is 0 Å². The van der Waals surface area contributed by atoms with Crippen molar-refractivity contribution >= 4 is 21.4 Å². The van der Waals surface area contributed by atoms with Crippen molar-refractivity contribution in [1.82, 2.24) is 10.0 Å². The number of rotatable bonds is 8. The molecule has 0 atom stereocenters. The van der Waals surface area contributed by atoms with Crippen LogP contribution in [0.5, 0.6) is 0 Å². The van der Waals surface area contributed by atoms with Crippen molar-refractivity contribution < 1.29 is 8.42 Å². The maximum absolute atomic E-state index is 12.2. The topological polar surface area (TPSA) is 58.2 Å². The second-order valence-corrected chi connectivity index (χ2v) is 8.49. The molecule has 2 rings (SSSR count). The minimum atomic E-state index is -3.31. The van der Waals surface area contributed by atoms with Crippen LogP contribution in [-0.2, 0) is 16.4 Å². The quantitative estimate of drug-likeness (QED) is 0.724. The van der Waals surface area contributed by atoms with Gasteiger partial charge in [0.05, 0.1) is 0 Å². The largest absolute Gasteiger partial charge is 0.317 e. The van der Waals surface area contributed by atoms with E-state index >= 15 is 0 Å². The first kappa shape index (κ1) is 15.9. The normalized spacial score (nSPS) is 16.9. The fourth-order valence-corrected chi connectivity index (χ4v) is 5.05. The van der Waals surface area contributed by atoms with Crippen LogP contribution in [0, 0.1) is 5.92 Å². The minimum Gasteiger partial charge on any atom is -0.317 e. The first-order valence-corrected chi connectivity index (χ1v) is 9.71. The third-order valence-corrected chi connectivity index (χ3v) is 6.80. The number of nitrogens with one attached hydrogen (secondary N) is 2. The fraction of sp³-hybridized carbons (Fsp3) is 0.714. The Hall–Kier alpha value is -0.430. The van der Waals surface area contributed by atoms with Crippen molar-refractivity contribution in [3.63, 3.8) is 0 Å². The summed E-state index contributed by atoms with van der Waals surface area (Å²) in [6.45, 7) is 4.50. The number of sulfonamides is 1. The molecule has 114 valence electrons. The van der Waals surface area contributed by atoms with Crippen LogP contribution in [-0.4, -0.2) is 28.1 Å². The van der Waals surface area contributed by atoms with Gasteiger partial charge in [0.25, 0.3) is 0 Å². The van der Waals surface area contributed by atoms with Crippen LogP contribution < -0.4 is 10.0 Å². The van der Waals surface area contributed by atoms with Crippen LogP contribution >= 0.6 is 11.3 Å². The highest BCUT2D eigenvalue weighted by Crippen LogP contribution is 2.25. The van der Waals surface area contributed by atoms with Gasteiger partial charge in [0.1, 0.15) is 4.21 Å². The highest BCUT2D eigenvalue weighted by Gasteiger charge is 2.20. The molecule has 0 saturated heterocycles. The Bertz CT molecular complexity index is 505. The van der Waals surface area contributed by atoms with Gasteiger partial charge in [-0.25, -0.2) is 13.1 Å². The first-order valence-electron chi connectivity index (χ1n) is 7.41. The van der Waals surface area contributed by atoms with Crippen LogP contribution in [0.4, 0.5) is 0 Å². The lowest BCUT2D eigenvalue weighted by molar-refractivity contribution is 0.520. The van der Waals surface area contributed by atoms with Crippen LogP contribution in [0.25, 0.3) is 0 Å². The van der Waals surface area contributed by atoms with Gasteiger partial charge in [-0.15, -0.1) is 11.3 Å². The number of hydrogen-bond acceptors (Lipinski definition) is 4. The zero-order valence-electron chi connectivity index (χ0n) is 12.0. The Morgan fingerprint density at radius 2 is 2.05 bits per heavy atom. The second-order valence-electron chi connectivity index (χ2n) is 5.33. The summed E-state index contributed by atoms with van der Waals surface area (Å²) >= 11 is 1.38. The Morgan fingerprint density at radius 3 is 2.75 bits per heavy atom. The van der Waals surface area contributed by atoms with E-state index in [1.54, 1.807) is 6.07 Å². The highest BCUT2D eigenvalue weighted by molar-refractivity contribution is 7.91. The van der Waals surface area contributed by atoms with E-state index in [4.69, 9.17) is 0 Å². The summed E-state index contributed by atoms with van der Waals surface area (Å²) < 4.78 is 27.6. The summed E-state index contributed by atoms with van der Waals surface area (Å²) in [5.74, 6) is 0.526. The Labute approximate surface area is 126 Å². The van der Waals surface area contributed by atoms with E-state index in [0.717, 1.165) is 37.2 Å². The molecule has 0 unspecified atom stereocenters. The van der Waals surface area contributed by atoms with Gasteiger partial charge in [0, 0.05) is 11.4 Å². The Balaban J connectivity index is 1.88. The van der Waals surface area contributed by atoms with Gasteiger partial charge < -0.3 is 5.32 Å². The van der Waals surface area contributed by atoms with E-state index in [0.29, 0.717) is 16.7 Å². The number of hydrogen-bond donors (Lipinski definition) is 2. The third-order valence-electron chi connectivity index (χ3n) is 3.74. The molecular weight excluding hydrogens is 292 g/mol. The van der Waals surface area contributed by atoms with E-state index < -0.39 is 10.0 Å². The Morgan fingerprint density at radius 1 is 1.30 bits per heavy atom. The van der Waals surface area contributed by atoms with Crippen molar-refractivity contribution in [1.29, 1.82) is 0 Å². The highest BCUT2D eigenvalue weighted by atomic mass is 32.2. The van der Waals surface area contributed by atoms with Gasteiger partial charge >= 0.3 is 0 Å². The molecular formula is C14H24N2O2S2. The Kier molecular flexibility index (Phi) is 6.01. The molecule has 1 aliphatic carbocycles. The minimum absolute atomic E-state index is 0.446. The molecule has 0 aliphatic heterocycles. The molecule has 1 fully saturated rings. The molecule has 0 spiro atoms. The zero-order chi connectivity index (χ0) is 14.4. The van der Waals surface area contributed by atoms with E-state index in [9.17, 15) is 8.42 Å². The molecule has 0 bridgehead atoms. The van der Waals surface area contributed by atoms with Crippen LogP contribution in [0.2, 0.25) is 0 Å². The molecule has 4 nitrogen and oxygen atoms in total. The van der Waals surface area contributed by atoms with Gasteiger partial charge in [0.2, 0.25) is 10.0 Å². The van der Waals surface area contributed by atoms with Gasteiger partial charge in [-0.3, -0.25) is 0 Å². The number of thiophene rings is 1. The van der Waals surface area contributed by atoms with Crippen LogP contribution in [0.15, 0.2) is 16.3 Å². The lowest BCUT2D eigenvalue weighted by atomic mass is 10.1. The maximum atomic E-state index is 12.2. The van der Waals surface area contributed by atoms with Crippen LogP contribution in [0.1, 0.15) is 37.5 Å². The summed E-state index contributed by atoms with van der Waals surface area (Å²) in [5.41, 5.74) is 0. The molecule has 1 saturated carbocycles. The molecule has 20 heavy (non-hydrogen) atoms. The summed E-state index contributed by atoms with van der Waals surface area (Å²) in [4.78, 5) is 1.12. The maximum Gasteiger partial charge on any atom is 0.250 e. The van der Waals surface area contributed by atoms with Gasteiger partial charge in [0.15, 0.2) is 0 Å². The standard InChI is InChI=1S/C14H24N2O2S2/c1-2-15-10-9-13-7-8-14(19-13)20(17,18)16-11-12-5-3-4-6-12/h7-8,12,15-16H,2-6,9-11H2,1H3. The SMILES string of the molecule is CCNCCc1ccc(S(=O)(=O)NCC2CCCC2)s1.